The third-order valence-corrected chi connectivity index (χ3v) is 3.74. The third-order valence-electron chi connectivity index (χ3n) is 2.34. The normalized spacial score (nSPS) is 11.4. The van der Waals surface area contributed by atoms with Crippen LogP contribution in [0.2, 0.25) is 0 Å². The minimum absolute atomic E-state index is 0.0706. The Bertz CT molecular complexity index is 738. The van der Waals surface area contributed by atoms with E-state index in [-0.39, 0.29) is 10.7 Å². The number of aryl methyl sites for hydroxylation is 1. The molecular weight excluding hydrogens is 286 g/mol. The fourth-order valence-corrected chi connectivity index (χ4v) is 2.48. The molecule has 0 radical (unpaired) electrons. The lowest BCUT2D eigenvalue weighted by Crippen LogP contribution is -2.29. The van der Waals surface area contributed by atoms with Crippen molar-refractivity contribution in [3.63, 3.8) is 0 Å². The van der Waals surface area contributed by atoms with Crippen molar-refractivity contribution in [3.05, 3.63) is 30.2 Å². The average molecular weight is 297 g/mol. The molecule has 0 fully saturated rings. The van der Waals surface area contributed by atoms with Crippen LogP contribution < -0.4 is 4.72 Å². The van der Waals surface area contributed by atoms with Crippen molar-refractivity contribution < 1.29 is 22.8 Å². The SMILES string of the molecule is Cc1nc(-c2cccc(S(=O)(=O)NCC(=O)O)c2)no1. The topological polar surface area (TPSA) is 122 Å². The summed E-state index contributed by atoms with van der Waals surface area (Å²) in [4.78, 5) is 14.3. The van der Waals surface area contributed by atoms with Crippen LogP contribution in [-0.2, 0) is 14.8 Å². The summed E-state index contributed by atoms with van der Waals surface area (Å²) < 4.78 is 30.6. The zero-order valence-electron chi connectivity index (χ0n) is 10.4. The van der Waals surface area contributed by atoms with Gasteiger partial charge in [-0.25, -0.2) is 8.42 Å². The van der Waals surface area contributed by atoms with E-state index in [4.69, 9.17) is 9.63 Å². The van der Waals surface area contributed by atoms with Crippen LogP contribution in [0.15, 0.2) is 33.7 Å². The highest BCUT2D eigenvalue weighted by Gasteiger charge is 2.17. The van der Waals surface area contributed by atoms with Gasteiger partial charge in [-0.15, -0.1) is 0 Å². The van der Waals surface area contributed by atoms with Crippen molar-refractivity contribution in [2.45, 2.75) is 11.8 Å². The van der Waals surface area contributed by atoms with E-state index in [9.17, 15) is 13.2 Å². The number of carboxylic acid groups (broad SMARTS) is 1. The van der Waals surface area contributed by atoms with Gasteiger partial charge in [0, 0.05) is 12.5 Å². The molecule has 0 amide bonds. The van der Waals surface area contributed by atoms with Crippen molar-refractivity contribution in [1.82, 2.24) is 14.9 Å². The van der Waals surface area contributed by atoms with E-state index in [2.05, 4.69) is 10.1 Å². The highest BCUT2D eigenvalue weighted by atomic mass is 32.2. The number of sulfonamides is 1. The molecule has 8 nitrogen and oxygen atoms in total. The molecule has 0 bridgehead atoms. The first-order chi connectivity index (χ1) is 9.38. The first kappa shape index (κ1) is 14.2. The van der Waals surface area contributed by atoms with Crippen LogP contribution in [-0.4, -0.2) is 36.2 Å². The Balaban J connectivity index is 2.32. The lowest BCUT2D eigenvalue weighted by atomic mass is 10.2. The first-order valence-corrected chi connectivity index (χ1v) is 6.99. The van der Waals surface area contributed by atoms with Crippen LogP contribution >= 0.6 is 0 Å². The molecule has 0 saturated heterocycles. The maximum Gasteiger partial charge on any atom is 0.318 e. The number of aromatic nitrogens is 2. The van der Waals surface area contributed by atoms with E-state index in [1.165, 1.54) is 18.2 Å². The second-order valence-electron chi connectivity index (χ2n) is 3.88. The number of nitrogens with zero attached hydrogens (tertiary/aromatic N) is 2. The van der Waals surface area contributed by atoms with E-state index in [0.717, 1.165) is 0 Å². The average Bonchev–Trinajstić information content (AvgIpc) is 2.83. The van der Waals surface area contributed by atoms with Gasteiger partial charge in [-0.3, -0.25) is 4.79 Å². The van der Waals surface area contributed by atoms with Gasteiger partial charge in [-0.05, 0) is 12.1 Å². The number of rotatable bonds is 5. The third kappa shape index (κ3) is 3.19. The number of carbonyl (C=O) groups is 1. The second kappa shape index (κ2) is 5.39. The van der Waals surface area contributed by atoms with Crippen molar-refractivity contribution in [2.75, 3.05) is 6.54 Å². The summed E-state index contributed by atoms with van der Waals surface area (Å²) in [5, 5.41) is 12.2. The monoisotopic (exact) mass is 297 g/mol. The van der Waals surface area contributed by atoms with Gasteiger partial charge in [-0.1, -0.05) is 17.3 Å². The molecule has 0 unspecified atom stereocenters. The molecule has 1 aromatic heterocycles. The Morgan fingerprint density at radius 1 is 1.45 bits per heavy atom. The highest BCUT2D eigenvalue weighted by molar-refractivity contribution is 7.89. The van der Waals surface area contributed by atoms with Gasteiger partial charge in [0.15, 0.2) is 0 Å². The largest absolute Gasteiger partial charge is 0.480 e. The van der Waals surface area contributed by atoms with E-state index in [1.807, 2.05) is 4.72 Å². The number of hydrogen-bond donors (Lipinski definition) is 2. The standard InChI is InChI=1S/C11H11N3O5S/c1-7-13-11(14-19-7)8-3-2-4-9(5-8)20(17,18)12-6-10(15)16/h2-5,12H,6H2,1H3,(H,15,16). The van der Waals surface area contributed by atoms with Crippen LogP contribution in [0, 0.1) is 6.92 Å². The minimum Gasteiger partial charge on any atom is -0.480 e. The van der Waals surface area contributed by atoms with E-state index >= 15 is 0 Å². The molecule has 2 rings (SSSR count). The number of hydrogen-bond acceptors (Lipinski definition) is 6. The van der Waals surface area contributed by atoms with Gasteiger partial charge in [0.1, 0.15) is 6.54 Å². The fraction of sp³-hybridized carbons (Fsp3) is 0.182. The quantitative estimate of drug-likeness (QED) is 0.819. The predicted octanol–water partition coefficient (Wildman–Crippen LogP) is 0.408. The number of nitrogens with one attached hydrogen (secondary N) is 1. The molecule has 0 aliphatic rings. The molecule has 2 aromatic rings. The zero-order valence-corrected chi connectivity index (χ0v) is 11.2. The maximum absolute atomic E-state index is 11.9. The van der Waals surface area contributed by atoms with Crippen molar-refractivity contribution in [1.29, 1.82) is 0 Å². The predicted molar refractivity (Wildman–Crippen MR) is 67.3 cm³/mol. The summed E-state index contributed by atoms with van der Waals surface area (Å²) in [6, 6.07) is 5.83. The van der Waals surface area contributed by atoms with E-state index in [1.54, 1.807) is 13.0 Å². The molecule has 1 heterocycles. The van der Waals surface area contributed by atoms with E-state index in [0.29, 0.717) is 11.5 Å². The van der Waals surface area contributed by atoms with Crippen LogP contribution in [0.1, 0.15) is 5.89 Å². The smallest absolute Gasteiger partial charge is 0.318 e. The van der Waals surface area contributed by atoms with Crippen molar-refractivity contribution in [3.8, 4) is 11.4 Å². The zero-order chi connectivity index (χ0) is 14.8. The minimum atomic E-state index is -3.90. The molecule has 0 aliphatic carbocycles. The molecule has 2 N–H and O–H groups in total. The molecule has 0 saturated carbocycles. The molecule has 0 atom stereocenters. The Labute approximate surface area is 114 Å². The number of aliphatic carboxylic acids is 1. The number of benzene rings is 1. The lowest BCUT2D eigenvalue weighted by molar-refractivity contribution is -0.135. The summed E-state index contributed by atoms with van der Waals surface area (Å²) >= 11 is 0. The van der Waals surface area contributed by atoms with Crippen molar-refractivity contribution >= 4 is 16.0 Å². The lowest BCUT2D eigenvalue weighted by Gasteiger charge is -2.05. The molecule has 0 spiro atoms. The Morgan fingerprint density at radius 2 is 2.20 bits per heavy atom. The summed E-state index contributed by atoms with van der Waals surface area (Å²) in [7, 11) is -3.90. The molecule has 106 valence electrons. The second-order valence-corrected chi connectivity index (χ2v) is 5.65. The van der Waals surface area contributed by atoms with E-state index < -0.39 is 22.5 Å². The Kier molecular flexibility index (Phi) is 3.81. The summed E-state index contributed by atoms with van der Waals surface area (Å²) in [6.07, 6.45) is 0. The van der Waals surface area contributed by atoms with Crippen LogP contribution in [0.4, 0.5) is 0 Å². The number of carboxylic acids is 1. The van der Waals surface area contributed by atoms with Crippen LogP contribution in [0.3, 0.4) is 0 Å². The van der Waals surface area contributed by atoms with Crippen LogP contribution in [0.25, 0.3) is 11.4 Å². The van der Waals surface area contributed by atoms with Gasteiger partial charge < -0.3 is 9.63 Å². The van der Waals surface area contributed by atoms with Gasteiger partial charge in [0.05, 0.1) is 4.90 Å². The van der Waals surface area contributed by atoms with Gasteiger partial charge in [-0.2, -0.15) is 9.71 Å². The van der Waals surface area contributed by atoms with Gasteiger partial charge >= 0.3 is 5.97 Å². The first-order valence-electron chi connectivity index (χ1n) is 5.51. The summed E-state index contributed by atoms with van der Waals surface area (Å²) in [5.74, 6) is -0.645. The molecule has 1 aromatic carbocycles. The van der Waals surface area contributed by atoms with Crippen molar-refractivity contribution in [2.24, 2.45) is 0 Å². The highest BCUT2D eigenvalue weighted by Crippen LogP contribution is 2.19. The molecule has 0 aliphatic heterocycles. The Hall–Kier alpha value is -2.26. The molecular formula is C11H11N3O5S. The maximum atomic E-state index is 11.9. The fourth-order valence-electron chi connectivity index (χ4n) is 1.46. The summed E-state index contributed by atoms with van der Waals surface area (Å²) in [6.45, 7) is 0.930. The van der Waals surface area contributed by atoms with Crippen LogP contribution in [0.5, 0.6) is 0 Å². The summed E-state index contributed by atoms with van der Waals surface area (Å²) in [5.41, 5.74) is 0.458. The Morgan fingerprint density at radius 3 is 2.80 bits per heavy atom. The van der Waals surface area contributed by atoms with Gasteiger partial charge in [0.25, 0.3) is 0 Å². The van der Waals surface area contributed by atoms with Gasteiger partial charge in [0.2, 0.25) is 21.7 Å². The molecule has 9 heteroatoms. The molecule has 20 heavy (non-hydrogen) atoms.